The number of para-hydroxylation sites is 2. The number of anilines is 2. The van der Waals surface area contributed by atoms with Crippen LogP contribution in [0.25, 0.3) is 33.8 Å². The molecule has 344 valence electrons. The van der Waals surface area contributed by atoms with E-state index in [2.05, 4.69) is 20.1 Å². The normalized spacial score (nSPS) is 14.1. The molecule has 0 radical (unpaired) electrons. The average molecular weight is 903 g/mol. The van der Waals surface area contributed by atoms with E-state index in [0.29, 0.717) is 22.7 Å². The number of imidazole rings is 2. The number of carbonyl (C=O) groups excluding carboxylic acids is 1. The summed E-state index contributed by atoms with van der Waals surface area (Å²) >= 11 is 0. The highest BCUT2D eigenvalue weighted by Crippen LogP contribution is 2.30. The number of pyridine rings is 2. The SMILES string of the molecule is COc1cc(C(=O)Nc2ccccc2-c2cn3ccccc3n2)ccc1CN1CCOCC1.COc1cc(C(=O)O)ccc1CN1CCOCC1.Nc1ccccc1-c1cn2ccccc2n1. The van der Waals surface area contributed by atoms with E-state index in [1.807, 2.05) is 137 Å². The largest absolute Gasteiger partial charge is 0.496 e. The zero-order valence-corrected chi connectivity index (χ0v) is 37.6. The molecule has 0 bridgehead atoms. The van der Waals surface area contributed by atoms with E-state index >= 15 is 0 Å². The molecule has 4 aromatic carbocycles. The number of methoxy groups -OCH3 is 2. The number of morpholine rings is 2. The number of rotatable bonds is 11. The Hall–Kier alpha value is -7.56. The van der Waals surface area contributed by atoms with Crippen LogP contribution in [-0.2, 0) is 22.6 Å². The van der Waals surface area contributed by atoms with Gasteiger partial charge in [0.15, 0.2) is 0 Å². The summed E-state index contributed by atoms with van der Waals surface area (Å²) < 4.78 is 25.5. The van der Waals surface area contributed by atoms with E-state index < -0.39 is 5.97 Å². The summed E-state index contributed by atoms with van der Waals surface area (Å²) in [6.07, 6.45) is 7.88. The van der Waals surface area contributed by atoms with Crippen molar-refractivity contribution in [1.29, 1.82) is 0 Å². The molecule has 15 nitrogen and oxygen atoms in total. The summed E-state index contributed by atoms with van der Waals surface area (Å²) in [5.41, 5.74) is 15.6. The Labute approximate surface area is 388 Å². The Morgan fingerprint density at radius 3 is 1.63 bits per heavy atom. The lowest BCUT2D eigenvalue weighted by Crippen LogP contribution is -2.35. The molecular weight excluding hydrogens is 849 g/mol. The molecule has 10 rings (SSSR count). The fourth-order valence-electron chi connectivity index (χ4n) is 7.89. The maximum Gasteiger partial charge on any atom is 0.335 e. The van der Waals surface area contributed by atoms with Gasteiger partial charge in [0.25, 0.3) is 5.91 Å². The lowest BCUT2D eigenvalue weighted by atomic mass is 10.1. The number of nitrogens with zero attached hydrogens (tertiary/aromatic N) is 6. The second-order valence-electron chi connectivity index (χ2n) is 15.9. The number of nitrogens with one attached hydrogen (secondary N) is 1. The third-order valence-electron chi connectivity index (χ3n) is 11.5. The number of carbonyl (C=O) groups is 2. The van der Waals surface area contributed by atoms with Crippen molar-refractivity contribution in [1.82, 2.24) is 28.6 Å². The number of amides is 1. The van der Waals surface area contributed by atoms with Gasteiger partial charge in [-0.05, 0) is 60.7 Å². The van der Waals surface area contributed by atoms with E-state index in [1.165, 1.54) is 0 Å². The van der Waals surface area contributed by atoms with Crippen molar-refractivity contribution in [3.05, 3.63) is 168 Å². The van der Waals surface area contributed by atoms with Gasteiger partial charge >= 0.3 is 5.97 Å². The zero-order chi connectivity index (χ0) is 46.5. The third-order valence-corrected chi connectivity index (χ3v) is 11.5. The first-order valence-corrected chi connectivity index (χ1v) is 22.1. The summed E-state index contributed by atoms with van der Waals surface area (Å²) in [5, 5.41) is 12.0. The number of benzene rings is 4. The molecule has 0 atom stereocenters. The van der Waals surface area contributed by atoms with Crippen molar-refractivity contribution in [2.45, 2.75) is 13.1 Å². The molecule has 15 heteroatoms. The predicted octanol–water partition coefficient (Wildman–Crippen LogP) is 7.90. The smallest absolute Gasteiger partial charge is 0.335 e. The van der Waals surface area contributed by atoms with Crippen LogP contribution in [-0.4, -0.2) is 112 Å². The Bertz CT molecular complexity index is 2870. The Balaban J connectivity index is 0.000000150. The van der Waals surface area contributed by atoms with Crippen LogP contribution in [0.15, 0.2) is 146 Å². The molecule has 0 aliphatic carbocycles. The minimum Gasteiger partial charge on any atom is -0.496 e. The summed E-state index contributed by atoms with van der Waals surface area (Å²) in [7, 11) is 3.20. The molecule has 4 N–H and O–H groups in total. The van der Waals surface area contributed by atoms with Crippen molar-refractivity contribution in [3.63, 3.8) is 0 Å². The summed E-state index contributed by atoms with van der Waals surface area (Å²) in [6, 6.07) is 37.9. The van der Waals surface area contributed by atoms with E-state index in [1.54, 1.807) is 32.4 Å². The lowest BCUT2D eigenvalue weighted by molar-refractivity contribution is 0.0338. The maximum atomic E-state index is 13.1. The molecule has 6 heterocycles. The van der Waals surface area contributed by atoms with Gasteiger partial charge in [0.05, 0.1) is 63.3 Å². The third kappa shape index (κ3) is 11.6. The van der Waals surface area contributed by atoms with E-state index in [0.717, 1.165) is 116 Å². The number of aromatic carboxylic acids is 1. The zero-order valence-electron chi connectivity index (χ0n) is 37.6. The molecule has 8 aromatic rings. The van der Waals surface area contributed by atoms with Gasteiger partial charge in [0.2, 0.25) is 0 Å². The number of hydrogen-bond donors (Lipinski definition) is 3. The van der Waals surface area contributed by atoms with Crippen molar-refractivity contribution in [2.75, 3.05) is 77.9 Å². The van der Waals surface area contributed by atoms with Gasteiger partial charge in [-0.2, -0.15) is 0 Å². The Morgan fingerprint density at radius 2 is 1.10 bits per heavy atom. The van der Waals surface area contributed by atoms with E-state index in [-0.39, 0.29) is 11.5 Å². The molecule has 67 heavy (non-hydrogen) atoms. The van der Waals surface area contributed by atoms with Gasteiger partial charge in [0, 0.05) is 97.6 Å². The van der Waals surface area contributed by atoms with Gasteiger partial charge in [-0.1, -0.05) is 60.7 Å². The molecule has 2 aliphatic heterocycles. The number of carboxylic acids is 1. The first kappa shape index (κ1) is 46.0. The van der Waals surface area contributed by atoms with Crippen LogP contribution in [0.4, 0.5) is 11.4 Å². The summed E-state index contributed by atoms with van der Waals surface area (Å²) in [6.45, 7) is 8.08. The molecule has 2 saturated heterocycles. The quantitative estimate of drug-likeness (QED) is 0.107. The molecular formula is C52H54N8O7. The van der Waals surface area contributed by atoms with Crippen LogP contribution in [0.2, 0.25) is 0 Å². The second kappa shape index (κ2) is 22.1. The molecule has 2 fully saturated rings. The lowest BCUT2D eigenvalue weighted by Gasteiger charge is -2.27. The van der Waals surface area contributed by atoms with Gasteiger partial charge in [-0.15, -0.1) is 0 Å². The maximum absolute atomic E-state index is 13.1. The number of nitrogen functional groups attached to an aromatic ring is 1. The number of aromatic nitrogens is 4. The highest BCUT2D eigenvalue weighted by atomic mass is 16.5. The van der Waals surface area contributed by atoms with Crippen LogP contribution in [0.1, 0.15) is 31.8 Å². The summed E-state index contributed by atoms with van der Waals surface area (Å²) in [4.78, 5) is 37.8. The topological polar surface area (TPSA) is 170 Å². The number of nitrogens with two attached hydrogens (primary N) is 1. The van der Waals surface area contributed by atoms with Crippen LogP contribution in [0, 0.1) is 0 Å². The van der Waals surface area contributed by atoms with Crippen LogP contribution in [0.5, 0.6) is 11.5 Å². The van der Waals surface area contributed by atoms with Crippen LogP contribution in [0.3, 0.4) is 0 Å². The molecule has 2 aliphatic rings. The monoisotopic (exact) mass is 902 g/mol. The molecule has 1 amide bonds. The van der Waals surface area contributed by atoms with Gasteiger partial charge < -0.3 is 43.9 Å². The van der Waals surface area contributed by atoms with E-state index in [9.17, 15) is 9.59 Å². The van der Waals surface area contributed by atoms with Crippen LogP contribution >= 0.6 is 0 Å². The predicted molar refractivity (Wildman–Crippen MR) is 259 cm³/mol. The molecule has 0 unspecified atom stereocenters. The van der Waals surface area contributed by atoms with Gasteiger partial charge in [0.1, 0.15) is 22.8 Å². The molecule has 4 aromatic heterocycles. The standard InChI is InChI=1S/C26H26N4O3.C13H11N3.C13H17NO4/c1-32-24-16-19(9-10-20(24)17-29-12-14-33-15-13-29)26(31)28-22-7-3-2-6-21(22)23-18-30-11-5-4-8-25(30)27-23;14-11-6-2-1-5-10(11)12-9-16-8-4-3-7-13(16)15-12;1-17-12-8-10(13(15)16)2-3-11(12)9-14-4-6-18-7-5-14/h2-11,16,18H,12-15,17H2,1H3,(H,28,31);1-9H,14H2;2-3,8H,4-7,9H2,1H3,(H,15,16). The van der Waals surface area contributed by atoms with Gasteiger partial charge in [-0.25, -0.2) is 14.8 Å². The fraction of sp³-hybridized carbons (Fsp3) is 0.231. The highest BCUT2D eigenvalue weighted by molar-refractivity contribution is 6.06. The minimum absolute atomic E-state index is 0.192. The molecule has 0 saturated carbocycles. The van der Waals surface area contributed by atoms with Crippen molar-refractivity contribution in [2.24, 2.45) is 0 Å². The number of fused-ring (bicyclic) bond motifs is 2. The average Bonchev–Trinajstić information content (AvgIpc) is 4.01. The number of hydrogen-bond acceptors (Lipinski definition) is 11. The number of carboxylic acid groups (broad SMARTS) is 1. The molecule has 0 spiro atoms. The summed E-state index contributed by atoms with van der Waals surface area (Å²) in [5.74, 6) is 0.206. The fourth-order valence-corrected chi connectivity index (χ4v) is 7.89. The van der Waals surface area contributed by atoms with Crippen molar-refractivity contribution >= 4 is 34.5 Å². The number of ether oxygens (including phenoxy) is 4. The first-order valence-electron chi connectivity index (χ1n) is 22.1. The first-order chi connectivity index (χ1) is 32.8. The minimum atomic E-state index is -0.939. The Kier molecular flexibility index (Phi) is 15.2. The van der Waals surface area contributed by atoms with Crippen molar-refractivity contribution in [3.8, 4) is 34.0 Å². The van der Waals surface area contributed by atoms with Crippen LogP contribution < -0.4 is 20.5 Å². The Morgan fingerprint density at radius 1 is 0.627 bits per heavy atom. The van der Waals surface area contributed by atoms with E-state index in [4.69, 9.17) is 34.8 Å². The van der Waals surface area contributed by atoms with Gasteiger partial charge in [-0.3, -0.25) is 14.6 Å². The second-order valence-corrected chi connectivity index (χ2v) is 15.9. The highest BCUT2D eigenvalue weighted by Gasteiger charge is 2.18. The van der Waals surface area contributed by atoms with Crippen molar-refractivity contribution < 1.29 is 33.6 Å².